The van der Waals surface area contributed by atoms with Crippen molar-refractivity contribution >= 4 is 11.3 Å². The summed E-state index contributed by atoms with van der Waals surface area (Å²) in [6.07, 6.45) is 0. The molecule has 4 heteroatoms. The zero-order valence-corrected chi connectivity index (χ0v) is 5.48. The maximum Gasteiger partial charge on any atom is 0.190 e. The van der Waals surface area contributed by atoms with Crippen LogP contribution in [0.1, 0.15) is 5.01 Å². The summed E-state index contributed by atoms with van der Waals surface area (Å²) in [7, 11) is 0. The van der Waals surface area contributed by atoms with Crippen LogP contribution in [0.5, 0.6) is 0 Å². The van der Waals surface area contributed by atoms with Gasteiger partial charge in [-0.25, -0.2) is 0 Å². The van der Waals surface area contributed by atoms with Crippen LogP contribution in [0.3, 0.4) is 0 Å². The van der Waals surface area contributed by atoms with Gasteiger partial charge in [0.25, 0.3) is 0 Å². The first-order chi connectivity index (χ1) is 4.43. The van der Waals surface area contributed by atoms with Gasteiger partial charge in [-0.2, -0.15) is 0 Å². The normalized spacial score (nSPS) is 8.11. The van der Waals surface area contributed by atoms with Crippen molar-refractivity contribution in [3.8, 4) is 11.8 Å². The molecule has 0 saturated heterocycles. The lowest BCUT2D eigenvalue weighted by molar-refractivity contribution is 1.08. The number of rotatable bonds is 0. The Hall–Kier alpha value is -0.920. The molecular weight excluding hydrogens is 134 g/mol. The van der Waals surface area contributed by atoms with Crippen LogP contribution in [-0.2, 0) is 0 Å². The Kier molecular flexibility index (Phi) is 2.19. The Morgan fingerprint density at radius 3 is 3.22 bits per heavy atom. The van der Waals surface area contributed by atoms with E-state index in [-0.39, 0.29) is 0 Å². The van der Waals surface area contributed by atoms with Gasteiger partial charge < -0.3 is 5.73 Å². The molecule has 0 amide bonds. The van der Waals surface area contributed by atoms with Crippen LogP contribution in [0.2, 0.25) is 0 Å². The Labute approximate surface area is 56.9 Å². The van der Waals surface area contributed by atoms with Crippen LogP contribution in [0.15, 0.2) is 5.51 Å². The first-order valence-corrected chi connectivity index (χ1v) is 3.26. The van der Waals surface area contributed by atoms with E-state index in [2.05, 4.69) is 22.0 Å². The fourth-order valence-corrected chi connectivity index (χ4v) is 0.774. The van der Waals surface area contributed by atoms with Crippen LogP contribution in [-0.4, -0.2) is 16.7 Å². The minimum absolute atomic E-state index is 0.375. The maximum atomic E-state index is 5.13. The summed E-state index contributed by atoms with van der Waals surface area (Å²) in [5.41, 5.74) is 6.77. The molecule has 1 aromatic heterocycles. The highest BCUT2D eigenvalue weighted by molar-refractivity contribution is 7.09. The molecule has 0 aliphatic carbocycles. The van der Waals surface area contributed by atoms with Gasteiger partial charge in [0, 0.05) is 0 Å². The van der Waals surface area contributed by atoms with E-state index in [1.54, 1.807) is 5.51 Å². The minimum Gasteiger partial charge on any atom is -0.320 e. The molecular formula is C5H5N3S. The van der Waals surface area contributed by atoms with Gasteiger partial charge in [-0.15, -0.1) is 10.2 Å². The van der Waals surface area contributed by atoms with Crippen molar-refractivity contribution in [3.05, 3.63) is 10.5 Å². The average Bonchev–Trinajstić information content (AvgIpc) is 2.34. The van der Waals surface area contributed by atoms with E-state index in [1.807, 2.05) is 0 Å². The lowest BCUT2D eigenvalue weighted by atomic mass is 10.6. The molecule has 1 heterocycles. The van der Waals surface area contributed by atoms with Crippen LogP contribution in [0.25, 0.3) is 0 Å². The van der Waals surface area contributed by atoms with Gasteiger partial charge in [0.2, 0.25) is 0 Å². The Bertz CT molecular complexity index is 218. The summed E-state index contributed by atoms with van der Waals surface area (Å²) in [5, 5.41) is 8.02. The molecule has 0 fully saturated rings. The van der Waals surface area contributed by atoms with Gasteiger partial charge in [0.15, 0.2) is 5.01 Å². The Morgan fingerprint density at radius 1 is 1.78 bits per heavy atom. The maximum absolute atomic E-state index is 5.13. The molecule has 3 nitrogen and oxygen atoms in total. The summed E-state index contributed by atoms with van der Waals surface area (Å²) < 4.78 is 0. The van der Waals surface area contributed by atoms with Crippen molar-refractivity contribution in [1.29, 1.82) is 0 Å². The smallest absolute Gasteiger partial charge is 0.190 e. The van der Waals surface area contributed by atoms with Crippen molar-refractivity contribution in [2.24, 2.45) is 5.73 Å². The highest BCUT2D eigenvalue weighted by atomic mass is 32.1. The molecule has 0 aliphatic rings. The average molecular weight is 139 g/mol. The van der Waals surface area contributed by atoms with Crippen molar-refractivity contribution in [2.75, 3.05) is 6.54 Å². The molecule has 46 valence electrons. The van der Waals surface area contributed by atoms with Gasteiger partial charge in [0.05, 0.1) is 6.54 Å². The van der Waals surface area contributed by atoms with E-state index in [0.717, 1.165) is 5.01 Å². The Morgan fingerprint density at radius 2 is 2.67 bits per heavy atom. The van der Waals surface area contributed by atoms with Crippen LogP contribution < -0.4 is 5.73 Å². The number of nitrogens with two attached hydrogens (primary N) is 1. The highest BCUT2D eigenvalue weighted by Crippen LogP contribution is 1.96. The van der Waals surface area contributed by atoms with Gasteiger partial charge in [-0.05, 0) is 5.92 Å². The van der Waals surface area contributed by atoms with E-state index >= 15 is 0 Å². The van der Waals surface area contributed by atoms with E-state index in [9.17, 15) is 0 Å². The Balaban J connectivity index is 2.67. The number of hydrogen-bond acceptors (Lipinski definition) is 4. The summed E-state index contributed by atoms with van der Waals surface area (Å²) in [5.74, 6) is 5.43. The van der Waals surface area contributed by atoms with Crippen LogP contribution >= 0.6 is 11.3 Å². The molecule has 0 unspecified atom stereocenters. The van der Waals surface area contributed by atoms with Crippen molar-refractivity contribution in [2.45, 2.75) is 0 Å². The molecule has 9 heavy (non-hydrogen) atoms. The minimum atomic E-state index is 0.375. The molecule has 0 saturated carbocycles. The van der Waals surface area contributed by atoms with Gasteiger partial charge in [-0.3, -0.25) is 0 Å². The molecule has 0 radical (unpaired) electrons. The summed E-state index contributed by atoms with van der Waals surface area (Å²) >= 11 is 1.41. The van der Waals surface area contributed by atoms with Gasteiger partial charge in [-0.1, -0.05) is 17.3 Å². The molecule has 2 N–H and O–H groups in total. The van der Waals surface area contributed by atoms with Crippen LogP contribution in [0.4, 0.5) is 0 Å². The third kappa shape index (κ3) is 1.80. The SMILES string of the molecule is NCC#Cc1nncs1. The molecule has 0 atom stereocenters. The molecule has 0 bridgehead atoms. The van der Waals surface area contributed by atoms with E-state index in [1.165, 1.54) is 11.3 Å². The lowest BCUT2D eigenvalue weighted by Gasteiger charge is -1.70. The van der Waals surface area contributed by atoms with Crippen LogP contribution in [0, 0.1) is 11.8 Å². The predicted octanol–water partition coefficient (Wildman–Crippen LogP) is -0.152. The predicted molar refractivity (Wildman–Crippen MR) is 35.8 cm³/mol. The molecule has 0 aromatic carbocycles. The fraction of sp³-hybridized carbons (Fsp3) is 0.200. The zero-order chi connectivity index (χ0) is 6.53. The third-order valence-corrected chi connectivity index (χ3v) is 1.26. The quantitative estimate of drug-likeness (QED) is 0.508. The number of nitrogens with zero attached hydrogens (tertiary/aromatic N) is 2. The van der Waals surface area contributed by atoms with E-state index < -0.39 is 0 Å². The molecule has 1 rings (SSSR count). The topological polar surface area (TPSA) is 51.8 Å². The number of hydrogen-bond donors (Lipinski definition) is 1. The monoisotopic (exact) mass is 139 g/mol. The molecule has 1 aromatic rings. The van der Waals surface area contributed by atoms with Gasteiger partial charge in [0.1, 0.15) is 5.51 Å². The zero-order valence-electron chi connectivity index (χ0n) is 4.66. The number of aromatic nitrogens is 2. The second-order valence-corrected chi connectivity index (χ2v) is 2.08. The molecule has 0 spiro atoms. The lowest BCUT2D eigenvalue weighted by Crippen LogP contribution is -1.92. The summed E-state index contributed by atoms with van der Waals surface area (Å²) in [4.78, 5) is 0. The van der Waals surface area contributed by atoms with E-state index in [4.69, 9.17) is 5.73 Å². The third-order valence-electron chi connectivity index (χ3n) is 0.657. The van der Waals surface area contributed by atoms with Crippen molar-refractivity contribution in [1.82, 2.24) is 10.2 Å². The largest absolute Gasteiger partial charge is 0.320 e. The highest BCUT2D eigenvalue weighted by Gasteiger charge is 1.84. The fourth-order valence-electron chi connectivity index (χ4n) is 0.354. The molecule has 0 aliphatic heterocycles. The van der Waals surface area contributed by atoms with E-state index in [0.29, 0.717) is 6.54 Å². The first kappa shape index (κ1) is 6.20. The first-order valence-electron chi connectivity index (χ1n) is 2.38. The standard InChI is InChI=1S/C5H5N3S/c6-3-1-2-5-8-7-4-9-5/h4H,3,6H2. The summed E-state index contributed by atoms with van der Waals surface area (Å²) in [6.45, 7) is 0.375. The van der Waals surface area contributed by atoms with Gasteiger partial charge >= 0.3 is 0 Å². The summed E-state index contributed by atoms with van der Waals surface area (Å²) in [6, 6.07) is 0. The second kappa shape index (κ2) is 3.17. The van der Waals surface area contributed by atoms with Crippen molar-refractivity contribution in [3.63, 3.8) is 0 Å². The second-order valence-electron chi connectivity index (χ2n) is 1.25. The van der Waals surface area contributed by atoms with Crippen molar-refractivity contribution < 1.29 is 0 Å².